The summed E-state index contributed by atoms with van der Waals surface area (Å²) < 4.78 is 2.30. The van der Waals surface area contributed by atoms with Crippen LogP contribution in [-0.2, 0) is 7.05 Å². The Bertz CT molecular complexity index is 577. The van der Waals surface area contributed by atoms with Crippen molar-refractivity contribution in [3.8, 4) is 0 Å². The third-order valence-corrected chi connectivity index (χ3v) is 4.68. The molecule has 1 fully saturated rings. The molecule has 2 N–H and O–H groups in total. The molecule has 1 aromatic heterocycles. The van der Waals surface area contributed by atoms with E-state index in [1.807, 2.05) is 0 Å². The molecule has 102 valence electrons. The molecule has 19 heavy (non-hydrogen) atoms. The quantitative estimate of drug-likeness (QED) is 0.898. The number of hydrogen-bond donors (Lipinski definition) is 1. The Labute approximate surface area is 114 Å². The number of hydrogen-bond acceptors (Lipinski definition) is 2. The van der Waals surface area contributed by atoms with Gasteiger partial charge in [-0.25, -0.2) is 4.98 Å². The summed E-state index contributed by atoms with van der Waals surface area (Å²) in [6, 6.07) is 6.39. The van der Waals surface area contributed by atoms with Crippen LogP contribution in [0.15, 0.2) is 18.2 Å². The summed E-state index contributed by atoms with van der Waals surface area (Å²) in [6.07, 6.45) is 4.98. The van der Waals surface area contributed by atoms with Crippen molar-refractivity contribution in [2.24, 2.45) is 18.7 Å². The Balaban J connectivity index is 1.94. The van der Waals surface area contributed by atoms with E-state index >= 15 is 0 Å². The van der Waals surface area contributed by atoms with Crippen molar-refractivity contribution in [2.45, 2.75) is 38.5 Å². The van der Waals surface area contributed by atoms with Crippen LogP contribution in [0.2, 0.25) is 0 Å². The van der Waals surface area contributed by atoms with Gasteiger partial charge < -0.3 is 10.3 Å². The molecule has 0 unspecified atom stereocenters. The van der Waals surface area contributed by atoms with Crippen molar-refractivity contribution >= 4 is 11.0 Å². The maximum atomic E-state index is 5.78. The number of benzene rings is 1. The van der Waals surface area contributed by atoms with Crippen LogP contribution >= 0.6 is 0 Å². The first-order valence-corrected chi connectivity index (χ1v) is 7.32. The molecule has 1 heterocycles. The van der Waals surface area contributed by atoms with Crippen LogP contribution in [0.3, 0.4) is 0 Å². The third kappa shape index (κ3) is 2.16. The Morgan fingerprint density at radius 1 is 1.26 bits per heavy atom. The highest BCUT2D eigenvalue weighted by molar-refractivity contribution is 5.79. The molecule has 3 heteroatoms. The Kier molecular flexibility index (Phi) is 3.31. The van der Waals surface area contributed by atoms with E-state index in [-0.39, 0.29) is 0 Å². The van der Waals surface area contributed by atoms with Gasteiger partial charge in [-0.3, -0.25) is 0 Å². The second-order valence-corrected chi connectivity index (χ2v) is 5.93. The van der Waals surface area contributed by atoms with E-state index in [0.717, 1.165) is 18.0 Å². The zero-order chi connectivity index (χ0) is 13.4. The normalized spacial score (nSPS) is 23.9. The topological polar surface area (TPSA) is 43.8 Å². The molecule has 0 amide bonds. The van der Waals surface area contributed by atoms with Gasteiger partial charge in [-0.2, -0.15) is 0 Å². The van der Waals surface area contributed by atoms with Crippen molar-refractivity contribution in [1.29, 1.82) is 0 Å². The molecule has 0 bridgehead atoms. The molecular weight excluding hydrogens is 234 g/mol. The predicted octanol–water partition coefficient (Wildman–Crippen LogP) is 3.11. The van der Waals surface area contributed by atoms with Gasteiger partial charge in [0.2, 0.25) is 0 Å². The minimum absolute atomic E-state index is 0.611. The van der Waals surface area contributed by atoms with Gasteiger partial charge in [0, 0.05) is 13.0 Å². The zero-order valence-electron chi connectivity index (χ0n) is 11.9. The maximum absolute atomic E-state index is 5.78. The zero-order valence-corrected chi connectivity index (χ0v) is 11.9. The molecule has 0 aliphatic heterocycles. The highest BCUT2D eigenvalue weighted by Gasteiger charge is 2.25. The maximum Gasteiger partial charge on any atom is 0.112 e. The van der Waals surface area contributed by atoms with Gasteiger partial charge in [-0.05, 0) is 56.7 Å². The van der Waals surface area contributed by atoms with Crippen molar-refractivity contribution in [3.63, 3.8) is 0 Å². The van der Waals surface area contributed by atoms with Gasteiger partial charge in [0.1, 0.15) is 5.82 Å². The van der Waals surface area contributed by atoms with E-state index < -0.39 is 0 Å². The molecule has 2 aromatic rings. The lowest BCUT2D eigenvalue weighted by Crippen LogP contribution is -2.21. The average Bonchev–Trinajstić information content (AvgIpc) is 2.78. The van der Waals surface area contributed by atoms with E-state index in [2.05, 4.69) is 36.7 Å². The second kappa shape index (κ2) is 4.97. The van der Waals surface area contributed by atoms with Crippen LogP contribution in [0.5, 0.6) is 0 Å². The fourth-order valence-electron chi connectivity index (χ4n) is 3.50. The van der Waals surface area contributed by atoms with Crippen molar-refractivity contribution in [1.82, 2.24) is 9.55 Å². The third-order valence-electron chi connectivity index (χ3n) is 4.68. The van der Waals surface area contributed by atoms with E-state index in [1.165, 1.54) is 42.6 Å². The van der Waals surface area contributed by atoms with Gasteiger partial charge in [0.15, 0.2) is 0 Å². The first-order chi connectivity index (χ1) is 9.20. The summed E-state index contributed by atoms with van der Waals surface area (Å²) in [6.45, 7) is 3.01. The Hall–Kier alpha value is -1.35. The van der Waals surface area contributed by atoms with Crippen LogP contribution in [0.1, 0.15) is 43.0 Å². The van der Waals surface area contributed by atoms with Crippen LogP contribution in [-0.4, -0.2) is 16.1 Å². The lowest BCUT2D eigenvalue weighted by Gasteiger charge is -2.27. The van der Waals surface area contributed by atoms with Crippen molar-refractivity contribution in [2.75, 3.05) is 6.54 Å². The van der Waals surface area contributed by atoms with Gasteiger partial charge in [0.25, 0.3) is 0 Å². The van der Waals surface area contributed by atoms with E-state index in [0.29, 0.717) is 5.92 Å². The van der Waals surface area contributed by atoms with Crippen LogP contribution < -0.4 is 5.73 Å². The molecule has 0 spiro atoms. The molecule has 3 nitrogen and oxygen atoms in total. The van der Waals surface area contributed by atoms with Gasteiger partial charge in [-0.1, -0.05) is 12.1 Å². The smallest absolute Gasteiger partial charge is 0.112 e. The van der Waals surface area contributed by atoms with Crippen LogP contribution in [0, 0.1) is 12.8 Å². The number of nitrogens with zero attached hydrogens (tertiary/aromatic N) is 2. The number of imidazole rings is 1. The summed E-state index contributed by atoms with van der Waals surface area (Å²) in [5, 5.41) is 0. The molecule has 0 atom stereocenters. The average molecular weight is 257 g/mol. The van der Waals surface area contributed by atoms with Crippen molar-refractivity contribution < 1.29 is 0 Å². The molecule has 0 radical (unpaired) electrons. The Morgan fingerprint density at radius 3 is 2.63 bits per heavy atom. The summed E-state index contributed by atoms with van der Waals surface area (Å²) in [5.41, 5.74) is 9.52. The van der Waals surface area contributed by atoms with Crippen LogP contribution in [0.25, 0.3) is 11.0 Å². The first kappa shape index (κ1) is 12.7. The molecule has 1 aliphatic rings. The van der Waals surface area contributed by atoms with Crippen molar-refractivity contribution in [3.05, 3.63) is 29.6 Å². The largest absolute Gasteiger partial charge is 0.331 e. The summed E-state index contributed by atoms with van der Waals surface area (Å²) in [4.78, 5) is 4.88. The van der Waals surface area contributed by atoms with E-state index in [1.54, 1.807) is 0 Å². The van der Waals surface area contributed by atoms with E-state index in [9.17, 15) is 0 Å². The number of fused-ring (bicyclic) bond motifs is 1. The summed E-state index contributed by atoms with van der Waals surface area (Å²) in [7, 11) is 2.16. The molecule has 1 aromatic carbocycles. The van der Waals surface area contributed by atoms with E-state index in [4.69, 9.17) is 10.7 Å². The fraction of sp³-hybridized carbons (Fsp3) is 0.562. The molecule has 1 saturated carbocycles. The SMILES string of the molecule is Cc1cccc2nc(C3CCC(CN)CC3)n(C)c12. The standard InChI is InChI=1S/C16H23N3/c1-11-4-3-5-14-15(11)19(2)16(18-14)13-8-6-12(10-17)7-9-13/h3-5,12-13H,6-10,17H2,1-2H3. The highest BCUT2D eigenvalue weighted by atomic mass is 15.1. The minimum atomic E-state index is 0.611. The van der Waals surface area contributed by atoms with Gasteiger partial charge >= 0.3 is 0 Å². The highest BCUT2D eigenvalue weighted by Crippen LogP contribution is 2.36. The number of aromatic nitrogens is 2. The lowest BCUT2D eigenvalue weighted by atomic mass is 9.81. The number of para-hydroxylation sites is 1. The van der Waals surface area contributed by atoms with Gasteiger partial charge in [-0.15, -0.1) is 0 Å². The molecule has 0 saturated heterocycles. The van der Waals surface area contributed by atoms with Crippen LogP contribution in [0.4, 0.5) is 0 Å². The summed E-state index contributed by atoms with van der Waals surface area (Å²) in [5.74, 6) is 2.60. The monoisotopic (exact) mass is 257 g/mol. The molecular formula is C16H23N3. The number of nitrogens with two attached hydrogens (primary N) is 1. The summed E-state index contributed by atoms with van der Waals surface area (Å²) >= 11 is 0. The lowest BCUT2D eigenvalue weighted by molar-refractivity contribution is 0.323. The van der Waals surface area contributed by atoms with Gasteiger partial charge in [0.05, 0.1) is 11.0 Å². The first-order valence-electron chi connectivity index (χ1n) is 7.32. The Morgan fingerprint density at radius 2 is 2.00 bits per heavy atom. The number of rotatable bonds is 2. The molecule has 3 rings (SSSR count). The predicted molar refractivity (Wildman–Crippen MR) is 79.2 cm³/mol. The number of aryl methyl sites for hydroxylation is 2. The fourth-order valence-corrected chi connectivity index (χ4v) is 3.50. The minimum Gasteiger partial charge on any atom is -0.331 e. The molecule has 1 aliphatic carbocycles. The second-order valence-electron chi connectivity index (χ2n) is 5.93.